The number of nitrogens with zero attached hydrogens (tertiary/aromatic N) is 2. The molecule has 0 spiro atoms. The highest BCUT2D eigenvalue weighted by atomic mass is 35.5. The van der Waals surface area contributed by atoms with Crippen molar-refractivity contribution in [2.75, 3.05) is 26.2 Å². The molecule has 2 aromatic rings. The molecule has 1 saturated heterocycles. The number of benzene rings is 1. The molecule has 2 heterocycles. The summed E-state index contributed by atoms with van der Waals surface area (Å²) >= 11 is 13.6. The smallest absolute Gasteiger partial charge is 0.264 e. The number of piperazine rings is 1. The van der Waals surface area contributed by atoms with Crippen LogP contribution >= 0.6 is 34.5 Å². The molecular weight excluding hydrogens is 403 g/mol. The third-order valence-corrected chi connectivity index (χ3v) is 6.83. The number of aryl methyl sites for hydroxylation is 2. The van der Waals surface area contributed by atoms with E-state index in [0.29, 0.717) is 41.8 Å². The molecule has 4 rings (SSSR count). The van der Waals surface area contributed by atoms with E-state index >= 15 is 0 Å². The van der Waals surface area contributed by atoms with E-state index in [2.05, 4.69) is 6.07 Å². The van der Waals surface area contributed by atoms with Gasteiger partial charge in [0.2, 0.25) is 0 Å². The second-order valence-corrected chi connectivity index (χ2v) is 9.02. The van der Waals surface area contributed by atoms with Crippen LogP contribution in [-0.4, -0.2) is 47.8 Å². The average Bonchev–Trinajstić information content (AvgIpc) is 3.10. The Labute approximate surface area is 172 Å². The summed E-state index contributed by atoms with van der Waals surface area (Å²) in [7, 11) is 0. The van der Waals surface area contributed by atoms with Gasteiger partial charge in [0.05, 0.1) is 4.88 Å². The number of fused-ring (bicyclic) bond motifs is 1. The Morgan fingerprint density at radius 1 is 0.815 bits per heavy atom. The Hall–Kier alpha value is -1.56. The van der Waals surface area contributed by atoms with Crippen molar-refractivity contribution in [3.63, 3.8) is 0 Å². The molecule has 0 N–H and O–H groups in total. The zero-order valence-electron chi connectivity index (χ0n) is 14.8. The van der Waals surface area contributed by atoms with Crippen molar-refractivity contribution < 1.29 is 9.59 Å². The van der Waals surface area contributed by atoms with Crippen molar-refractivity contribution in [1.29, 1.82) is 0 Å². The van der Waals surface area contributed by atoms with E-state index in [1.165, 1.54) is 23.3 Å². The molecule has 0 unspecified atom stereocenters. The first kappa shape index (κ1) is 18.8. The second-order valence-electron chi connectivity index (χ2n) is 7.01. The van der Waals surface area contributed by atoms with Crippen molar-refractivity contribution in [1.82, 2.24) is 9.80 Å². The Bertz CT molecular complexity index is 844. The van der Waals surface area contributed by atoms with E-state index in [-0.39, 0.29) is 11.8 Å². The predicted molar refractivity (Wildman–Crippen MR) is 109 cm³/mol. The van der Waals surface area contributed by atoms with Crippen molar-refractivity contribution in [2.45, 2.75) is 25.7 Å². The van der Waals surface area contributed by atoms with Crippen molar-refractivity contribution in [3.8, 4) is 0 Å². The summed E-state index contributed by atoms with van der Waals surface area (Å²) in [5.41, 5.74) is 1.83. The van der Waals surface area contributed by atoms with Gasteiger partial charge in [-0.3, -0.25) is 9.59 Å². The number of rotatable bonds is 2. The molecule has 142 valence electrons. The molecule has 4 nitrogen and oxygen atoms in total. The molecule has 27 heavy (non-hydrogen) atoms. The van der Waals surface area contributed by atoms with Gasteiger partial charge in [-0.05, 0) is 55.5 Å². The van der Waals surface area contributed by atoms with Crippen LogP contribution in [0, 0.1) is 0 Å². The number of carbonyl (C=O) groups excluding carboxylic acids is 2. The van der Waals surface area contributed by atoms with Crippen LogP contribution in [0.3, 0.4) is 0 Å². The summed E-state index contributed by atoms with van der Waals surface area (Å²) in [4.78, 5) is 31.4. The van der Waals surface area contributed by atoms with Gasteiger partial charge in [0.25, 0.3) is 11.8 Å². The summed E-state index contributed by atoms with van der Waals surface area (Å²) in [5.74, 6) is -0.00890. The molecule has 0 bridgehead atoms. The summed E-state index contributed by atoms with van der Waals surface area (Å²) in [6.07, 6.45) is 4.61. The van der Waals surface area contributed by atoms with Gasteiger partial charge in [-0.25, -0.2) is 0 Å². The highest BCUT2D eigenvalue weighted by molar-refractivity contribution is 7.14. The van der Waals surface area contributed by atoms with E-state index in [1.807, 2.05) is 4.90 Å². The maximum Gasteiger partial charge on any atom is 0.264 e. The van der Waals surface area contributed by atoms with Crippen molar-refractivity contribution in [3.05, 3.63) is 55.2 Å². The molecule has 1 aliphatic carbocycles. The van der Waals surface area contributed by atoms with Gasteiger partial charge < -0.3 is 9.80 Å². The van der Waals surface area contributed by atoms with Crippen LogP contribution in [0.5, 0.6) is 0 Å². The van der Waals surface area contributed by atoms with E-state index in [0.717, 1.165) is 17.7 Å². The molecule has 1 fully saturated rings. The normalized spacial score (nSPS) is 17.0. The lowest BCUT2D eigenvalue weighted by Gasteiger charge is -2.34. The minimum absolute atomic E-state index is 0.0901. The average molecular weight is 423 g/mol. The lowest BCUT2D eigenvalue weighted by Crippen LogP contribution is -2.50. The second kappa shape index (κ2) is 7.82. The Balaban J connectivity index is 1.40. The maximum absolute atomic E-state index is 12.9. The van der Waals surface area contributed by atoms with Gasteiger partial charge in [0.15, 0.2) is 0 Å². The topological polar surface area (TPSA) is 40.6 Å². The van der Waals surface area contributed by atoms with Gasteiger partial charge in [0, 0.05) is 46.7 Å². The third-order valence-electron chi connectivity index (χ3n) is 5.17. The van der Waals surface area contributed by atoms with Crippen LogP contribution in [0.15, 0.2) is 24.3 Å². The number of hydrogen-bond acceptors (Lipinski definition) is 3. The number of thiophene rings is 1. The lowest BCUT2D eigenvalue weighted by atomic mass is 9.99. The Morgan fingerprint density at radius 3 is 2.04 bits per heavy atom. The quantitative estimate of drug-likeness (QED) is 0.712. The van der Waals surface area contributed by atoms with Gasteiger partial charge in [-0.15, -0.1) is 11.3 Å². The van der Waals surface area contributed by atoms with Crippen LogP contribution in [0.1, 0.15) is 43.3 Å². The van der Waals surface area contributed by atoms with Crippen LogP contribution in [-0.2, 0) is 12.8 Å². The molecule has 1 aliphatic heterocycles. The van der Waals surface area contributed by atoms with E-state index in [4.69, 9.17) is 23.2 Å². The van der Waals surface area contributed by atoms with Gasteiger partial charge >= 0.3 is 0 Å². The van der Waals surface area contributed by atoms with Crippen LogP contribution in [0.4, 0.5) is 0 Å². The lowest BCUT2D eigenvalue weighted by molar-refractivity contribution is 0.0538. The van der Waals surface area contributed by atoms with Gasteiger partial charge in [-0.2, -0.15) is 0 Å². The SMILES string of the molecule is O=C(c1cc(Cl)cc(Cl)c1)N1CCN(C(=O)c2cc3c(s2)CCCC3)CC1. The first-order valence-electron chi connectivity index (χ1n) is 9.17. The van der Waals surface area contributed by atoms with Gasteiger partial charge in [-0.1, -0.05) is 23.2 Å². The molecule has 7 heteroatoms. The van der Waals surface area contributed by atoms with Crippen molar-refractivity contribution >= 4 is 46.4 Å². The largest absolute Gasteiger partial charge is 0.335 e. The number of amides is 2. The Kier molecular flexibility index (Phi) is 5.44. The molecule has 0 radical (unpaired) electrons. The molecule has 0 saturated carbocycles. The first-order valence-corrected chi connectivity index (χ1v) is 10.7. The zero-order valence-corrected chi connectivity index (χ0v) is 17.2. The maximum atomic E-state index is 12.9. The highest BCUT2D eigenvalue weighted by Gasteiger charge is 2.27. The fourth-order valence-electron chi connectivity index (χ4n) is 3.72. The minimum atomic E-state index is -0.0990. The first-order chi connectivity index (χ1) is 13.0. The van der Waals surface area contributed by atoms with Crippen molar-refractivity contribution in [2.24, 2.45) is 0 Å². The van der Waals surface area contributed by atoms with E-state index in [9.17, 15) is 9.59 Å². The zero-order chi connectivity index (χ0) is 19.0. The number of hydrogen-bond donors (Lipinski definition) is 0. The van der Waals surface area contributed by atoms with Gasteiger partial charge in [0.1, 0.15) is 0 Å². The standard InChI is InChI=1S/C20H20Cl2N2O2S/c21-15-9-14(10-16(22)12-15)19(25)23-5-7-24(8-6-23)20(26)18-11-13-3-1-2-4-17(13)27-18/h9-12H,1-8H2. The summed E-state index contributed by atoms with van der Waals surface area (Å²) in [5, 5.41) is 0.891. The fourth-order valence-corrected chi connectivity index (χ4v) is 5.47. The number of carbonyl (C=O) groups is 2. The fraction of sp³-hybridized carbons (Fsp3) is 0.400. The summed E-state index contributed by atoms with van der Waals surface area (Å²) < 4.78 is 0. The van der Waals surface area contributed by atoms with Crippen LogP contribution in [0.25, 0.3) is 0 Å². The highest BCUT2D eigenvalue weighted by Crippen LogP contribution is 2.30. The van der Waals surface area contributed by atoms with Crippen LogP contribution in [0.2, 0.25) is 10.0 Å². The monoisotopic (exact) mass is 422 g/mol. The minimum Gasteiger partial charge on any atom is -0.335 e. The molecule has 0 atom stereocenters. The summed E-state index contributed by atoms with van der Waals surface area (Å²) in [6.45, 7) is 2.11. The number of halogens is 2. The van der Waals surface area contributed by atoms with E-state index < -0.39 is 0 Å². The molecule has 1 aromatic heterocycles. The Morgan fingerprint density at radius 2 is 1.41 bits per heavy atom. The summed E-state index contributed by atoms with van der Waals surface area (Å²) in [6, 6.07) is 6.94. The van der Waals surface area contributed by atoms with E-state index in [1.54, 1.807) is 34.4 Å². The molecule has 1 aromatic carbocycles. The molecule has 2 amide bonds. The molecular formula is C20H20Cl2N2O2S. The van der Waals surface area contributed by atoms with Crippen LogP contribution < -0.4 is 0 Å². The molecule has 2 aliphatic rings. The third kappa shape index (κ3) is 4.00. The predicted octanol–water partition coefficient (Wildman–Crippen LogP) is 4.53.